The van der Waals surface area contributed by atoms with E-state index >= 15 is 0 Å². The van der Waals surface area contributed by atoms with Crippen LogP contribution in [0, 0.1) is 0 Å². The van der Waals surface area contributed by atoms with Crippen molar-refractivity contribution in [3.63, 3.8) is 0 Å². The second-order valence-electron chi connectivity index (χ2n) is 9.09. The number of rotatable bonds is 11. The summed E-state index contributed by atoms with van der Waals surface area (Å²) in [6.45, 7) is 2.45. The van der Waals surface area contributed by atoms with Gasteiger partial charge in [-0.3, -0.25) is 4.79 Å². The molecule has 0 aliphatic rings. The summed E-state index contributed by atoms with van der Waals surface area (Å²) in [4.78, 5) is 12.3. The van der Waals surface area contributed by atoms with Crippen LogP contribution in [0.1, 0.15) is 23.6 Å². The number of amides is 1. The van der Waals surface area contributed by atoms with E-state index in [9.17, 15) is 4.79 Å². The molecule has 0 bridgehead atoms. The van der Waals surface area contributed by atoms with E-state index in [-0.39, 0.29) is 12.5 Å². The molecule has 1 aromatic heterocycles. The van der Waals surface area contributed by atoms with Crippen molar-refractivity contribution < 1.29 is 14.3 Å². The lowest BCUT2D eigenvalue weighted by Gasteiger charge is -2.07. The highest BCUT2D eigenvalue weighted by molar-refractivity contribution is 5.89. The smallest absolute Gasteiger partial charge is 0.277 e. The molecule has 0 atom stereocenters. The van der Waals surface area contributed by atoms with Gasteiger partial charge in [0.2, 0.25) is 0 Å². The van der Waals surface area contributed by atoms with Gasteiger partial charge in [0, 0.05) is 17.3 Å². The van der Waals surface area contributed by atoms with E-state index < -0.39 is 0 Å². The molecule has 0 fully saturated rings. The van der Waals surface area contributed by atoms with Crippen LogP contribution in [0.2, 0.25) is 0 Å². The molecule has 4 aromatic carbocycles. The number of carbonyl (C=O) groups excluding carboxylic acids is 1. The van der Waals surface area contributed by atoms with E-state index in [0.29, 0.717) is 12.4 Å². The van der Waals surface area contributed by atoms with Gasteiger partial charge in [0.05, 0.1) is 11.9 Å². The summed E-state index contributed by atoms with van der Waals surface area (Å²) in [6, 6.07) is 35.3. The van der Waals surface area contributed by atoms with Crippen LogP contribution >= 0.6 is 0 Å². The third-order valence-corrected chi connectivity index (χ3v) is 6.23. The van der Waals surface area contributed by atoms with E-state index in [1.54, 1.807) is 10.9 Å². The lowest BCUT2D eigenvalue weighted by Crippen LogP contribution is -2.24. The zero-order valence-electron chi connectivity index (χ0n) is 22.2. The Morgan fingerprint density at radius 2 is 1.48 bits per heavy atom. The van der Waals surface area contributed by atoms with Gasteiger partial charge < -0.3 is 9.47 Å². The van der Waals surface area contributed by atoms with E-state index in [0.717, 1.165) is 40.2 Å². The molecule has 5 rings (SSSR count). The fraction of sp³-hybridized carbons (Fsp3) is 0.121. The van der Waals surface area contributed by atoms with Gasteiger partial charge in [0.1, 0.15) is 23.8 Å². The van der Waals surface area contributed by atoms with Crippen molar-refractivity contribution >= 4 is 12.1 Å². The van der Waals surface area contributed by atoms with Crippen molar-refractivity contribution in [1.29, 1.82) is 0 Å². The van der Waals surface area contributed by atoms with Crippen molar-refractivity contribution in [3.8, 4) is 28.4 Å². The van der Waals surface area contributed by atoms with Gasteiger partial charge in [-0.25, -0.2) is 10.1 Å². The average molecular weight is 531 g/mol. The Labute approximate surface area is 233 Å². The summed E-state index contributed by atoms with van der Waals surface area (Å²) in [5, 5.41) is 8.98. The molecule has 7 heteroatoms. The highest BCUT2D eigenvalue weighted by Gasteiger charge is 2.12. The van der Waals surface area contributed by atoms with E-state index in [4.69, 9.17) is 14.6 Å². The van der Waals surface area contributed by atoms with Crippen molar-refractivity contribution in [1.82, 2.24) is 15.2 Å². The van der Waals surface area contributed by atoms with Crippen LogP contribution < -0.4 is 14.9 Å². The Morgan fingerprint density at radius 3 is 2.17 bits per heavy atom. The third-order valence-electron chi connectivity index (χ3n) is 6.23. The molecule has 1 heterocycles. The number of benzene rings is 4. The second kappa shape index (κ2) is 13.1. The normalized spacial score (nSPS) is 10.9. The summed E-state index contributed by atoms with van der Waals surface area (Å²) in [5.74, 6) is 1.05. The fourth-order valence-corrected chi connectivity index (χ4v) is 4.05. The predicted octanol–water partition coefficient (Wildman–Crippen LogP) is 6.21. The van der Waals surface area contributed by atoms with Crippen molar-refractivity contribution in [2.75, 3.05) is 6.61 Å². The molecular formula is C33H30N4O3. The summed E-state index contributed by atoms with van der Waals surface area (Å²) in [7, 11) is 0. The SMILES string of the molecule is CCc1ccc(OCC(=O)N/N=C/c2cn(-c3ccccc3)nc2-c2ccc(OCc3ccccc3)cc2)cc1. The standard InChI is InChI=1S/C33H30N4O3/c1-2-25-13-17-30(18-14-25)40-24-32(38)35-34-21-28-22-37(29-11-7-4-8-12-29)36-33(28)27-15-19-31(20-16-27)39-23-26-9-5-3-6-10-26/h3-22H,2,23-24H2,1H3,(H,35,38)/b34-21+. The largest absolute Gasteiger partial charge is 0.489 e. The minimum atomic E-state index is -0.354. The van der Waals surface area contributed by atoms with Crippen LogP contribution in [0.3, 0.4) is 0 Å². The minimum Gasteiger partial charge on any atom is -0.489 e. The Hall–Kier alpha value is -5.17. The molecule has 1 amide bonds. The molecular weight excluding hydrogens is 500 g/mol. The van der Waals surface area contributed by atoms with E-state index in [1.165, 1.54) is 5.56 Å². The number of hydrazone groups is 1. The van der Waals surface area contributed by atoms with Crippen LogP contribution in [0.15, 0.2) is 120 Å². The molecule has 0 spiro atoms. The van der Waals surface area contributed by atoms with Gasteiger partial charge in [-0.15, -0.1) is 0 Å². The van der Waals surface area contributed by atoms with Crippen LogP contribution in [0.4, 0.5) is 0 Å². The number of ether oxygens (including phenoxy) is 2. The first kappa shape index (κ1) is 26.4. The minimum absolute atomic E-state index is 0.136. The summed E-state index contributed by atoms with van der Waals surface area (Å²) in [6.07, 6.45) is 4.42. The van der Waals surface area contributed by atoms with Crippen LogP contribution in [0.5, 0.6) is 11.5 Å². The number of nitrogens with zero attached hydrogens (tertiary/aromatic N) is 3. The Bertz CT molecular complexity index is 1550. The zero-order valence-corrected chi connectivity index (χ0v) is 22.2. The second-order valence-corrected chi connectivity index (χ2v) is 9.09. The molecule has 0 unspecified atom stereocenters. The van der Waals surface area contributed by atoms with E-state index in [2.05, 4.69) is 17.5 Å². The number of hydrogen-bond acceptors (Lipinski definition) is 5. The number of nitrogens with one attached hydrogen (secondary N) is 1. The number of carbonyl (C=O) groups is 1. The van der Waals surface area contributed by atoms with Crippen molar-refractivity contribution in [3.05, 3.63) is 132 Å². The molecule has 0 aliphatic heterocycles. The number of aromatic nitrogens is 2. The van der Waals surface area contributed by atoms with Crippen LogP contribution in [-0.4, -0.2) is 28.5 Å². The van der Waals surface area contributed by atoms with Gasteiger partial charge >= 0.3 is 0 Å². The number of para-hydroxylation sites is 1. The lowest BCUT2D eigenvalue weighted by molar-refractivity contribution is -0.123. The molecule has 200 valence electrons. The first-order chi connectivity index (χ1) is 19.7. The molecule has 0 radical (unpaired) electrons. The fourth-order valence-electron chi connectivity index (χ4n) is 4.05. The quantitative estimate of drug-likeness (QED) is 0.163. The maximum Gasteiger partial charge on any atom is 0.277 e. The molecule has 5 aromatic rings. The van der Waals surface area contributed by atoms with Crippen molar-refractivity contribution in [2.24, 2.45) is 5.10 Å². The summed E-state index contributed by atoms with van der Waals surface area (Å²) >= 11 is 0. The maximum atomic E-state index is 12.3. The van der Waals surface area contributed by atoms with Gasteiger partial charge in [-0.1, -0.05) is 67.6 Å². The Morgan fingerprint density at radius 1 is 0.825 bits per heavy atom. The molecule has 0 saturated carbocycles. The van der Waals surface area contributed by atoms with Gasteiger partial charge in [0.15, 0.2) is 6.61 Å². The van der Waals surface area contributed by atoms with Gasteiger partial charge in [0.25, 0.3) is 5.91 Å². The van der Waals surface area contributed by atoms with Crippen molar-refractivity contribution in [2.45, 2.75) is 20.0 Å². The van der Waals surface area contributed by atoms with Crippen LogP contribution in [0.25, 0.3) is 16.9 Å². The summed E-state index contributed by atoms with van der Waals surface area (Å²) < 4.78 is 13.3. The average Bonchev–Trinajstić information content (AvgIpc) is 3.44. The number of hydrogen-bond donors (Lipinski definition) is 1. The first-order valence-corrected chi connectivity index (χ1v) is 13.1. The molecule has 0 aliphatic carbocycles. The molecule has 0 saturated heterocycles. The zero-order chi connectivity index (χ0) is 27.6. The highest BCUT2D eigenvalue weighted by atomic mass is 16.5. The van der Waals surface area contributed by atoms with Gasteiger partial charge in [-0.2, -0.15) is 10.2 Å². The predicted molar refractivity (Wildman–Crippen MR) is 157 cm³/mol. The topological polar surface area (TPSA) is 77.7 Å². The maximum absolute atomic E-state index is 12.3. The van der Waals surface area contributed by atoms with E-state index in [1.807, 2.05) is 115 Å². The summed E-state index contributed by atoms with van der Waals surface area (Å²) in [5.41, 5.74) is 8.14. The number of aryl methyl sites for hydroxylation is 1. The monoisotopic (exact) mass is 530 g/mol. The Balaban J connectivity index is 1.28. The highest BCUT2D eigenvalue weighted by Crippen LogP contribution is 2.25. The molecule has 40 heavy (non-hydrogen) atoms. The lowest BCUT2D eigenvalue weighted by atomic mass is 10.1. The first-order valence-electron chi connectivity index (χ1n) is 13.1. The van der Waals surface area contributed by atoms with Gasteiger partial charge in [-0.05, 0) is 66.1 Å². The molecule has 7 nitrogen and oxygen atoms in total. The van der Waals surface area contributed by atoms with Crippen LogP contribution in [-0.2, 0) is 17.8 Å². The molecule has 1 N–H and O–H groups in total. The third kappa shape index (κ3) is 7.02. The Kier molecular flexibility index (Phi) is 8.63.